The Hall–Kier alpha value is -1.72. The fourth-order valence-electron chi connectivity index (χ4n) is 1.61. The number of thioether (sulfide) groups is 1. The lowest BCUT2D eigenvalue weighted by atomic mass is 10.1. The second-order valence-electron chi connectivity index (χ2n) is 3.74. The summed E-state index contributed by atoms with van der Waals surface area (Å²) in [6.07, 6.45) is 0.789. The summed E-state index contributed by atoms with van der Waals surface area (Å²) in [4.78, 5) is 1.15. The normalized spacial score (nSPS) is 11.7. The van der Waals surface area contributed by atoms with Crippen molar-refractivity contribution in [3.8, 4) is 6.07 Å². The molecule has 2 heteroatoms. The Morgan fingerprint density at radius 1 is 0.941 bits per heavy atom. The maximum absolute atomic E-state index is 9.18. The van der Waals surface area contributed by atoms with Gasteiger partial charge in [-0.15, -0.1) is 11.8 Å². The van der Waals surface area contributed by atoms with Crippen LogP contribution >= 0.6 is 11.8 Å². The summed E-state index contributed by atoms with van der Waals surface area (Å²) in [6.45, 7) is 0. The first-order valence-corrected chi connectivity index (χ1v) is 6.41. The van der Waals surface area contributed by atoms with Gasteiger partial charge in [0.2, 0.25) is 0 Å². The van der Waals surface area contributed by atoms with Gasteiger partial charge in [-0.2, -0.15) is 5.26 Å². The Balaban J connectivity index is 2.01. The number of rotatable bonds is 4. The molecule has 84 valence electrons. The fourth-order valence-corrected chi connectivity index (χ4v) is 2.58. The Kier molecular flexibility index (Phi) is 4.23. The highest BCUT2D eigenvalue weighted by Gasteiger charge is 2.09. The minimum atomic E-state index is -0.0280. The van der Waals surface area contributed by atoms with Gasteiger partial charge in [-0.25, -0.2) is 0 Å². The molecule has 0 bridgehead atoms. The van der Waals surface area contributed by atoms with Gasteiger partial charge in [0.25, 0.3) is 0 Å². The molecule has 0 spiro atoms. The van der Waals surface area contributed by atoms with Crippen LogP contribution in [0.15, 0.2) is 65.6 Å². The predicted octanol–water partition coefficient (Wildman–Crippen LogP) is 3.91. The van der Waals surface area contributed by atoms with E-state index in [9.17, 15) is 5.26 Å². The number of nitrogens with zero attached hydrogens (tertiary/aromatic N) is 1. The van der Waals surface area contributed by atoms with Crippen LogP contribution < -0.4 is 0 Å². The zero-order chi connectivity index (χ0) is 11.9. The fraction of sp³-hybridized carbons (Fsp3) is 0.133. The lowest BCUT2D eigenvalue weighted by Gasteiger charge is -2.08. The van der Waals surface area contributed by atoms with Crippen LogP contribution in [0.25, 0.3) is 0 Å². The molecule has 0 unspecified atom stereocenters. The van der Waals surface area contributed by atoms with E-state index in [1.54, 1.807) is 11.8 Å². The largest absolute Gasteiger partial charge is 0.197 e. The zero-order valence-corrected chi connectivity index (χ0v) is 10.2. The standard InChI is InChI=1S/C15H13NS/c16-12-15(11-13-7-3-1-4-8-13)17-14-9-5-2-6-10-14/h1-10,15H,11H2/t15-/m1/s1. The highest BCUT2D eigenvalue weighted by molar-refractivity contribution is 8.00. The molecule has 0 saturated carbocycles. The monoisotopic (exact) mass is 239 g/mol. The van der Waals surface area contributed by atoms with Crippen molar-refractivity contribution >= 4 is 11.8 Å². The smallest absolute Gasteiger partial charge is 0.100 e. The molecule has 1 atom stereocenters. The van der Waals surface area contributed by atoms with E-state index in [1.165, 1.54) is 5.56 Å². The molecular formula is C15H13NS. The SMILES string of the molecule is N#C[C@@H](Cc1ccccc1)Sc1ccccc1. The number of nitriles is 1. The van der Waals surface area contributed by atoms with Gasteiger partial charge in [-0.1, -0.05) is 48.5 Å². The summed E-state index contributed by atoms with van der Waals surface area (Å²) < 4.78 is 0. The third-order valence-corrected chi connectivity index (χ3v) is 3.53. The van der Waals surface area contributed by atoms with Crippen molar-refractivity contribution in [2.75, 3.05) is 0 Å². The molecule has 17 heavy (non-hydrogen) atoms. The molecule has 0 fully saturated rings. The maximum atomic E-state index is 9.18. The molecule has 0 aliphatic carbocycles. The van der Waals surface area contributed by atoms with Crippen LogP contribution in [0.1, 0.15) is 5.56 Å². The summed E-state index contributed by atoms with van der Waals surface area (Å²) in [6, 6.07) is 22.6. The van der Waals surface area contributed by atoms with Crippen molar-refractivity contribution < 1.29 is 0 Å². The third kappa shape index (κ3) is 3.65. The second-order valence-corrected chi connectivity index (χ2v) is 5.01. The molecule has 0 aromatic heterocycles. The van der Waals surface area contributed by atoms with Gasteiger partial charge < -0.3 is 0 Å². The lowest BCUT2D eigenvalue weighted by molar-refractivity contribution is 1.03. The third-order valence-electron chi connectivity index (χ3n) is 2.43. The van der Waals surface area contributed by atoms with Crippen molar-refractivity contribution in [1.29, 1.82) is 5.26 Å². The first-order chi connectivity index (χ1) is 8.38. The van der Waals surface area contributed by atoms with Crippen molar-refractivity contribution in [2.24, 2.45) is 0 Å². The first kappa shape index (κ1) is 11.8. The van der Waals surface area contributed by atoms with E-state index in [0.717, 1.165) is 11.3 Å². The summed E-state index contributed by atoms with van der Waals surface area (Å²) in [5.41, 5.74) is 1.21. The summed E-state index contributed by atoms with van der Waals surface area (Å²) in [5, 5.41) is 9.15. The van der Waals surface area contributed by atoms with Gasteiger partial charge in [-0.05, 0) is 24.1 Å². The molecule has 0 heterocycles. The van der Waals surface area contributed by atoms with Crippen molar-refractivity contribution in [1.82, 2.24) is 0 Å². The van der Waals surface area contributed by atoms with Gasteiger partial charge in [0.05, 0.1) is 6.07 Å². The van der Waals surface area contributed by atoms with Crippen LogP contribution in [0, 0.1) is 11.3 Å². The molecule has 0 saturated heterocycles. The molecule has 1 nitrogen and oxygen atoms in total. The highest BCUT2D eigenvalue weighted by Crippen LogP contribution is 2.25. The van der Waals surface area contributed by atoms with Crippen LogP contribution in [0.5, 0.6) is 0 Å². The van der Waals surface area contributed by atoms with E-state index < -0.39 is 0 Å². The van der Waals surface area contributed by atoms with Gasteiger partial charge >= 0.3 is 0 Å². The molecule has 2 rings (SSSR count). The summed E-state index contributed by atoms with van der Waals surface area (Å²) >= 11 is 1.62. The van der Waals surface area contributed by atoms with Crippen molar-refractivity contribution in [2.45, 2.75) is 16.6 Å². The lowest BCUT2D eigenvalue weighted by Crippen LogP contribution is -2.03. The van der Waals surface area contributed by atoms with E-state index in [2.05, 4.69) is 18.2 Å². The van der Waals surface area contributed by atoms with Crippen LogP contribution in [-0.4, -0.2) is 5.25 Å². The molecule has 0 aliphatic heterocycles. The zero-order valence-electron chi connectivity index (χ0n) is 9.41. The quantitative estimate of drug-likeness (QED) is 0.755. The predicted molar refractivity (Wildman–Crippen MR) is 71.8 cm³/mol. The minimum absolute atomic E-state index is 0.0280. The molecule has 0 N–H and O–H groups in total. The van der Waals surface area contributed by atoms with Crippen molar-refractivity contribution in [3.05, 3.63) is 66.2 Å². The molecule has 2 aromatic rings. The van der Waals surface area contributed by atoms with E-state index >= 15 is 0 Å². The van der Waals surface area contributed by atoms with Crippen molar-refractivity contribution in [3.63, 3.8) is 0 Å². The number of benzene rings is 2. The van der Waals surface area contributed by atoms with Crippen LogP contribution in [0.4, 0.5) is 0 Å². The van der Waals surface area contributed by atoms with Gasteiger partial charge in [0, 0.05) is 4.90 Å². The number of hydrogen-bond donors (Lipinski definition) is 0. The highest BCUT2D eigenvalue weighted by atomic mass is 32.2. The van der Waals surface area contributed by atoms with Gasteiger partial charge in [-0.3, -0.25) is 0 Å². The summed E-state index contributed by atoms with van der Waals surface area (Å²) in [7, 11) is 0. The molecule has 0 aliphatic rings. The van der Waals surface area contributed by atoms with Crippen LogP contribution in [0.2, 0.25) is 0 Å². The maximum Gasteiger partial charge on any atom is 0.100 e. The Morgan fingerprint density at radius 2 is 1.53 bits per heavy atom. The van der Waals surface area contributed by atoms with Gasteiger partial charge in [0.1, 0.15) is 5.25 Å². The minimum Gasteiger partial charge on any atom is -0.197 e. The van der Waals surface area contributed by atoms with E-state index in [4.69, 9.17) is 0 Å². The Bertz CT molecular complexity index is 446. The average molecular weight is 239 g/mol. The molecular weight excluding hydrogens is 226 g/mol. The molecule has 0 radical (unpaired) electrons. The molecule has 2 aromatic carbocycles. The number of hydrogen-bond acceptors (Lipinski definition) is 2. The van der Waals surface area contributed by atoms with Crippen LogP contribution in [0.3, 0.4) is 0 Å². The average Bonchev–Trinajstić information content (AvgIpc) is 2.40. The van der Waals surface area contributed by atoms with E-state index in [1.807, 2.05) is 48.5 Å². The summed E-state index contributed by atoms with van der Waals surface area (Å²) in [5.74, 6) is 0. The van der Waals surface area contributed by atoms with Crippen LogP contribution in [-0.2, 0) is 6.42 Å². The Labute approximate surface area is 106 Å². The first-order valence-electron chi connectivity index (χ1n) is 5.54. The van der Waals surface area contributed by atoms with E-state index in [-0.39, 0.29) is 5.25 Å². The van der Waals surface area contributed by atoms with E-state index in [0.29, 0.717) is 0 Å². The Morgan fingerprint density at radius 3 is 2.12 bits per heavy atom. The second kappa shape index (κ2) is 6.12. The van der Waals surface area contributed by atoms with Gasteiger partial charge in [0.15, 0.2) is 0 Å². The molecule has 0 amide bonds. The topological polar surface area (TPSA) is 23.8 Å².